The standard InChI is InChI=1S/C38H60O8/c1-21-29(39)31(41)30(40)24(45-21)18-28-44-20-35(5)25-10-13-37(7)26(34(25,4)12-11-27(35)46-28)9-8-22-23-19-33(2,3)14-16-38(23,32(42)43)17-15-36(22,37)6/h8,21,23-31,39-41H,9-20H2,1-7H3,(H,42,43)/t21-,23+,24-,25-,26-,27+,28-,29-,30+,31+,34+,35+,36-,37-,38+/m1/s1. The van der Waals surface area contributed by atoms with Gasteiger partial charge in [0.1, 0.15) is 18.3 Å². The van der Waals surface area contributed by atoms with Gasteiger partial charge in [-0.3, -0.25) is 4.79 Å². The summed E-state index contributed by atoms with van der Waals surface area (Å²) in [6.45, 7) is 16.9. The summed E-state index contributed by atoms with van der Waals surface area (Å²) in [7, 11) is 0. The molecule has 6 fully saturated rings. The SMILES string of the molecule is C[C@H]1O[C@H](C[C@@H]2OC[C@@]3(C)[C@@H]4CC[C@]5(C)[C@H](CC=C6[C@@H]7CC(C)(C)CC[C@]7(C(=O)O)CC[C@]65C)[C@@]4(C)CC[C@@H]3O2)[C@H](O)[C@@H](O)[C@@H]1O. The summed E-state index contributed by atoms with van der Waals surface area (Å²) in [6.07, 6.45) is 7.38. The summed E-state index contributed by atoms with van der Waals surface area (Å²) < 4.78 is 19.0. The summed E-state index contributed by atoms with van der Waals surface area (Å²) in [4.78, 5) is 13.0. The van der Waals surface area contributed by atoms with Crippen LogP contribution in [-0.2, 0) is 19.0 Å². The van der Waals surface area contributed by atoms with Crippen LogP contribution in [0.1, 0.15) is 119 Å². The van der Waals surface area contributed by atoms with E-state index in [1.807, 2.05) is 0 Å². The van der Waals surface area contributed by atoms with E-state index in [0.29, 0.717) is 24.9 Å². The van der Waals surface area contributed by atoms with E-state index in [2.05, 4.69) is 47.6 Å². The highest BCUT2D eigenvalue weighted by atomic mass is 16.7. The van der Waals surface area contributed by atoms with Crippen molar-refractivity contribution in [3.05, 3.63) is 11.6 Å². The van der Waals surface area contributed by atoms with Crippen molar-refractivity contribution in [3.63, 3.8) is 0 Å². The minimum Gasteiger partial charge on any atom is -0.481 e. The number of allylic oxidation sites excluding steroid dienone is 2. The van der Waals surface area contributed by atoms with Gasteiger partial charge in [0.05, 0.1) is 30.3 Å². The molecule has 0 aromatic heterocycles. The molecule has 0 unspecified atom stereocenters. The molecule has 0 amide bonds. The first-order valence-corrected chi connectivity index (χ1v) is 18.3. The average molecular weight is 645 g/mol. The molecule has 7 aliphatic rings. The molecule has 15 atom stereocenters. The number of fused-ring (bicyclic) bond motifs is 9. The monoisotopic (exact) mass is 644 g/mol. The Kier molecular flexibility index (Phi) is 7.81. The van der Waals surface area contributed by atoms with Gasteiger partial charge in [0.25, 0.3) is 0 Å². The Morgan fingerprint density at radius 1 is 0.848 bits per heavy atom. The van der Waals surface area contributed by atoms with Crippen LogP contribution < -0.4 is 0 Å². The van der Waals surface area contributed by atoms with Crippen molar-refractivity contribution in [2.24, 2.45) is 50.2 Å². The number of aliphatic carboxylic acids is 1. The molecule has 0 aromatic rings. The fourth-order valence-electron chi connectivity index (χ4n) is 13.0. The maximum atomic E-state index is 13.0. The van der Waals surface area contributed by atoms with Crippen molar-refractivity contribution in [2.75, 3.05) is 6.61 Å². The molecule has 0 radical (unpaired) electrons. The highest BCUT2D eigenvalue weighted by Crippen LogP contribution is 2.76. The first-order chi connectivity index (χ1) is 21.4. The second-order valence-electron chi connectivity index (χ2n) is 18.7. The van der Waals surface area contributed by atoms with Crippen molar-refractivity contribution >= 4 is 5.97 Å². The van der Waals surface area contributed by atoms with Gasteiger partial charge in [-0.1, -0.05) is 53.2 Å². The van der Waals surface area contributed by atoms with Gasteiger partial charge in [0.15, 0.2) is 6.29 Å². The third-order valence-electron chi connectivity index (χ3n) is 16.1. The Morgan fingerprint density at radius 2 is 1.57 bits per heavy atom. The molecular weight excluding hydrogens is 584 g/mol. The molecular formula is C38H60O8. The van der Waals surface area contributed by atoms with Gasteiger partial charge in [-0.05, 0) is 111 Å². The van der Waals surface area contributed by atoms with Gasteiger partial charge >= 0.3 is 5.97 Å². The number of aliphatic hydroxyl groups is 3. The van der Waals surface area contributed by atoms with Crippen molar-refractivity contribution in [2.45, 2.75) is 162 Å². The highest BCUT2D eigenvalue weighted by Gasteiger charge is 2.70. The van der Waals surface area contributed by atoms with Crippen LogP contribution in [0.4, 0.5) is 0 Å². The van der Waals surface area contributed by atoms with Gasteiger partial charge in [-0.2, -0.15) is 0 Å². The van der Waals surface area contributed by atoms with Crippen molar-refractivity contribution in [1.29, 1.82) is 0 Å². The molecule has 0 aromatic carbocycles. The lowest BCUT2D eigenvalue weighted by atomic mass is 9.33. The predicted octanol–water partition coefficient (Wildman–Crippen LogP) is 5.85. The molecule has 2 saturated heterocycles. The van der Waals surface area contributed by atoms with Crippen LogP contribution in [0.5, 0.6) is 0 Å². The van der Waals surface area contributed by atoms with E-state index >= 15 is 0 Å². The van der Waals surface area contributed by atoms with Crippen molar-refractivity contribution < 1.29 is 39.4 Å². The van der Waals surface area contributed by atoms with E-state index in [4.69, 9.17) is 14.2 Å². The van der Waals surface area contributed by atoms with Crippen LogP contribution in [0.25, 0.3) is 0 Å². The molecule has 5 aliphatic carbocycles. The van der Waals surface area contributed by atoms with Gasteiger partial charge in [0, 0.05) is 11.8 Å². The van der Waals surface area contributed by atoms with E-state index in [1.54, 1.807) is 6.92 Å². The lowest BCUT2D eigenvalue weighted by Crippen LogP contribution is -2.67. The van der Waals surface area contributed by atoms with Crippen LogP contribution in [0.2, 0.25) is 0 Å². The molecule has 0 spiro atoms. The summed E-state index contributed by atoms with van der Waals surface area (Å²) >= 11 is 0. The molecule has 4 saturated carbocycles. The number of aliphatic hydroxyl groups excluding tert-OH is 3. The second-order valence-corrected chi connectivity index (χ2v) is 18.7. The molecule has 8 nitrogen and oxygen atoms in total. The Balaban J connectivity index is 1.13. The summed E-state index contributed by atoms with van der Waals surface area (Å²) in [5.41, 5.74) is 1.11. The van der Waals surface area contributed by atoms with Crippen LogP contribution in [0.15, 0.2) is 11.6 Å². The number of carboxylic acid groups (broad SMARTS) is 1. The molecule has 46 heavy (non-hydrogen) atoms. The van der Waals surface area contributed by atoms with Crippen molar-refractivity contribution in [1.82, 2.24) is 0 Å². The van der Waals surface area contributed by atoms with Crippen LogP contribution in [0.3, 0.4) is 0 Å². The normalized spacial score (nSPS) is 56.3. The van der Waals surface area contributed by atoms with E-state index < -0.39 is 48.2 Å². The van der Waals surface area contributed by atoms with Gasteiger partial charge in [-0.25, -0.2) is 0 Å². The lowest BCUT2D eigenvalue weighted by molar-refractivity contribution is -0.325. The molecule has 4 N–H and O–H groups in total. The average Bonchev–Trinajstić information content (AvgIpc) is 2.98. The Hall–Kier alpha value is -1.03. The summed E-state index contributed by atoms with van der Waals surface area (Å²) in [6, 6.07) is 0. The number of carbonyl (C=O) groups is 1. The molecule has 0 bridgehead atoms. The molecule has 7 rings (SSSR count). The van der Waals surface area contributed by atoms with Gasteiger partial charge < -0.3 is 34.6 Å². The Morgan fingerprint density at radius 3 is 2.28 bits per heavy atom. The molecule has 8 heteroatoms. The lowest BCUT2D eigenvalue weighted by Gasteiger charge is -2.72. The van der Waals surface area contributed by atoms with Crippen LogP contribution in [-0.4, -0.2) is 75.9 Å². The third-order valence-corrected chi connectivity index (χ3v) is 16.1. The quantitative estimate of drug-likeness (QED) is 0.282. The van der Waals surface area contributed by atoms with Gasteiger partial charge in [-0.15, -0.1) is 0 Å². The second kappa shape index (κ2) is 10.7. The first-order valence-electron chi connectivity index (χ1n) is 18.3. The van der Waals surface area contributed by atoms with Crippen molar-refractivity contribution in [3.8, 4) is 0 Å². The van der Waals surface area contributed by atoms with E-state index in [9.17, 15) is 25.2 Å². The van der Waals surface area contributed by atoms with Crippen LogP contribution >= 0.6 is 0 Å². The fourth-order valence-corrected chi connectivity index (χ4v) is 13.0. The number of hydrogen-bond acceptors (Lipinski definition) is 7. The summed E-state index contributed by atoms with van der Waals surface area (Å²) in [5.74, 6) is 0.506. The smallest absolute Gasteiger partial charge is 0.310 e. The largest absolute Gasteiger partial charge is 0.481 e. The number of hydrogen-bond donors (Lipinski definition) is 4. The molecule has 260 valence electrons. The predicted molar refractivity (Wildman–Crippen MR) is 173 cm³/mol. The number of rotatable bonds is 3. The fraction of sp³-hybridized carbons (Fsp3) is 0.921. The first kappa shape index (κ1) is 33.5. The zero-order valence-corrected chi connectivity index (χ0v) is 29.3. The Bertz CT molecular complexity index is 1260. The zero-order chi connectivity index (χ0) is 33.2. The van der Waals surface area contributed by atoms with Crippen LogP contribution in [0, 0.1) is 50.2 Å². The topological polar surface area (TPSA) is 126 Å². The third kappa shape index (κ3) is 4.48. The molecule has 2 heterocycles. The Labute approximate surface area is 275 Å². The highest BCUT2D eigenvalue weighted by molar-refractivity contribution is 5.76. The minimum atomic E-state index is -1.25. The van der Waals surface area contributed by atoms with Gasteiger partial charge in [0.2, 0.25) is 0 Å². The van der Waals surface area contributed by atoms with E-state index in [-0.39, 0.29) is 39.1 Å². The van der Waals surface area contributed by atoms with E-state index in [1.165, 1.54) is 5.57 Å². The summed E-state index contributed by atoms with van der Waals surface area (Å²) in [5, 5.41) is 41.7. The minimum absolute atomic E-state index is 0.000537. The zero-order valence-electron chi connectivity index (χ0n) is 29.3. The van der Waals surface area contributed by atoms with E-state index in [0.717, 1.165) is 64.2 Å². The molecule has 2 aliphatic heterocycles. The number of carboxylic acids is 1. The number of ether oxygens (including phenoxy) is 3. The maximum Gasteiger partial charge on any atom is 0.310 e. The maximum absolute atomic E-state index is 13.0.